The first kappa shape index (κ1) is 13.7. The van der Waals surface area contributed by atoms with Crippen molar-refractivity contribution in [3.63, 3.8) is 0 Å². The zero-order valence-corrected chi connectivity index (χ0v) is 11.3. The summed E-state index contributed by atoms with van der Waals surface area (Å²) in [5.41, 5.74) is 8.71. The molecule has 0 saturated heterocycles. The number of allylic oxidation sites excluding steroid dienone is 1. The number of benzene rings is 2. The highest BCUT2D eigenvalue weighted by molar-refractivity contribution is 5.95. The van der Waals surface area contributed by atoms with Gasteiger partial charge in [0, 0.05) is 0 Å². The maximum Gasteiger partial charge on any atom is 0.119 e. The molecule has 0 saturated carbocycles. The number of nitriles is 1. The molecule has 0 aliphatic rings. The van der Waals surface area contributed by atoms with Gasteiger partial charge in [0.2, 0.25) is 0 Å². The third-order valence-electron chi connectivity index (χ3n) is 2.92. The summed E-state index contributed by atoms with van der Waals surface area (Å²) in [6.45, 7) is 2.56. The van der Waals surface area contributed by atoms with Crippen molar-refractivity contribution in [3.05, 3.63) is 65.7 Å². The lowest BCUT2D eigenvalue weighted by Gasteiger charge is -2.08. The van der Waals surface area contributed by atoms with Gasteiger partial charge in [-0.3, -0.25) is 0 Å². The van der Waals surface area contributed by atoms with Crippen molar-refractivity contribution in [2.45, 2.75) is 6.92 Å². The minimum atomic E-state index is 0.474. The first-order chi connectivity index (χ1) is 9.76. The van der Waals surface area contributed by atoms with Crippen LogP contribution in [-0.2, 0) is 0 Å². The topological polar surface area (TPSA) is 59.0 Å². The minimum Gasteiger partial charge on any atom is -0.494 e. The average molecular weight is 264 g/mol. The van der Waals surface area contributed by atoms with E-state index in [4.69, 9.17) is 10.5 Å². The Kier molecular flexibility index (Phi) is 4.41. The Labute approximate surface area is 118 Å². The zero-order valence-electron chi connectivity index (χ0n) is 11.3. The maximum absolute atomic E-state index is 9.34. The third-order valence-corrected chi connectivity index (χ3v) is 2.92. The molecule has 2 rings (SSSR count). The van der Waals surface area contributed by atoms with Crippen molar-refractivity contribution < 1.29 is 4.74 Å². The number of hydrogen-bond acceptors (Lipinski definition) is 3. The van der Waals surface area contributed by atoms with Crippen molar-refractivity contribution >= 4 is 11.3 Å². The Hall–Kier alpha value is -2.73. The van der Waals surface area contributed by atoms with E-state index in [2.05, 4.69) is 6.07 Å². The van der Waals surface area contributed by atoms with Crippen LogP contribution in [0.4, 0.5) is 0 Å². The summed E-state index contributed by atoms with van der Waals surface area (Å²) in [6, 6.07) is 19.0. The molecule has 0 aliphatic heterocycles. The van der Waals surface area contributed by atoms with Gasteiger partial charge in [0.25, 0.3) is 0 Å². The predicted molar refractivity (Wildman–Crippen MR) is 80.7 cm³/mol. The Balaban J connectivity index is 2.39. The van der Waals surface area contributed by atoms with Crippen molar-refractivity contribution in [1.82, 2.24) is 0 Å². The van der Waals surface area contributed by atoms with E-state index in [0.29, 0.717) is 17.9 Å². The summed E-state index contributed by atoms with van der Waals surface area (Å²) in [4.78, 5) is 0. The molecule has 2 N–H and O–H groups in total. The fourth-order valence-electron chi connectivity index (χ4n) is 1.93. The molecule has 3 heteroatoms. The van der Waals surface area contributed by atoms with Gasteiger partial charge >= 0.3 is 0 Å². The van der Waals surface area contributed by atoms with Crippen LogP contribution in [0.2, 0.25) is 0 Å². The molecular formula is C17H16N2O. The van der Waals surface area contributed by atoms with E-state index in [-0.39, 0.29) is 0 Å². The lowest BCUT2D eigenvalue weighted by molar-refractivity contribution is 0.340. The molecule has 100 valence electrons. The molecule has 3 nitrogen and oxygen atoms in total. The maximum atomic E-state index is 9.34. The van der Waals surface area contributed by atoms with Crippen LogP contribution in [0.15, 0.2) is 54.6 Å². The van der Waals surface area contributed by atoms with E-state index in [9.17, 15) is 5.26 Å². The summed E-state index contributed by atoms with van der Waals surface area (Å²) >= 11 is 0. The van der Waals surface area contributed by atoms with E-state index in [1.807, 2.05) is 61.5 Å². The van der Waals surface area contributed by atoms with Gasteiger partial charge in [-0.2, -0.15) is 5.26 Å². The molecule has 2 aromatic carbocycles. The van der Waals surface area contributed by atoms with Crippen molar-refractivity contribution in [3.8, 4) is 11.8 Å². The smallest absolute Gasteiger partial charge is 0.119 e. The SMILES string of the molecule is CCOc1ccc(/C(N)=C(/C#N)c2ccccc2)cc1. The quantitative estimate of drug-likeness (QED) is 0.679. The summed E-state index contributed by atoms with van der Waals surface area (Å²) in [5.74, 6) is 0.794. The van der Waals surface area contributed by atoms with Crippen LogP contribution >= 0.6 is 0 Å². The molecule has 0 aromatic heterocycles. The van der Waals surface area contributed by atoms with Crippen LogP contribution in [0.3, 0.4) is 0 Å². The highest BCUT2D eigenvalue weighted by atomic mass is 16.5. The summed E-state index contributed by atoms with van der Waals surface area (Å²) in [7, 11) is 0. The molecule has 0 atom stereocenters. The predicted octanol–water partition coefficient (Wildman–Crippen LogP) is 3.44. The normalized spacial score (nSPS) is 11.4. The third kappa shape index (κ3) is 2.99. The Bertz CT molecular complexity index is 637. The fourth-order valence-corrected chi connectivity index (χ4v) is 1.93. The second-order valence-corrected chi connectivity index (χ2v) is 4.22. The molecule has 0 amide bonds. The Morgan fingerprint density at radius 1 is 1.05 bits per heavy atom. The largest absolute Gasteiger partial charge is 0.494 e. The van der Waals surface area contributed by atoms with Gasteiger partial charge in [-0.15, -0.1) is 0 Å². The van der Waals surface area contributed by atoms with Crippen LogP contribution in [0.25, 0.3) is 11.3 Å². The highest BCUT2D eigenvalue weighted by Gasteiger charge is 2.08. The Morgan fingerprint density at radius 3 is 2.25 bits per heavy atom. The molecule has 0 fully saturated rings. The van der Waals surface area contributed by atoms with Crippen LogP contribution in [0.1, 0.15) is 18.1 Å². The Morgan fingerprint density at radius 2 is 1.70 bits per heavy atom. The van der Waals surface area contributed by atoms with Gasteiger partial charge < -0.3 is 10.5 Å². The van der Waals surface area contributed by atoms with Gasteiger partial charge in [-0.1, -0.05) is 30.3 Å². The lowest BCUT2D eigenvalue weighted by atomic mass is 10.0. The number of nitrogens with two attached hydrogens (primary N) is 1. The van der Waals surface area contributed by atoms with Gasteiger partial charge in [0.1, 0.15) is 11.8 Å². The van der Waals surface area contributed by atoms with E-state index in [1.54, 1.807) is 0 Å². The van der Waals surface area contributed by atoms with E-state index in [1.165, 1.54) is 0 Å². The molecular weight excluding hydrogens is 248 g/mol. The number of hydrogen-bond donors (Lipinski definition) is 1. The van der Waals surface area contributed by atoms with Crippen LogP contribution in [0.5, 0.6) is 5.75 Å². The summed E-state index contributed by atoms with van der Waals surface area (Å²) in [5, 5.41) is 9.34. The van der Waals surface area contributed by atoms with Gasteiger partial charge in [-0.05, 0) is 42.3 Å². The first-order valence-electron chi connectivity index (χ1n) is 6.44. The van der Waals surface area contributed by atoms with Crippen LogP contribution in [0, 0.1) is 11.3 Å². The van der Waals surface area contributed by atoms with Crippen molar-refractivity contribution in [2.24, 2.45) is 5.73 Å². The zero-order chi connectivity index (χ0) is 14.4. The molecule has 0 aliphatic carbocycles. The highest BCUT2D eigenvalue weighted by Crippen LogP contribution is 2.23. The first-order valence-corrected chi connectivity index (χ1v) is 6.44. The molecule has 0 heterocycles. The van der Waals surface area contributed by atoms with Crippen LogP contribution in [-0.4, -0.2) is 6.61 Å². The van der Waals surface area contributed by atoms with E-state index < -0.39 is 0 Å². The average Bonchev–Trinajstić information content (AvgIpc) is 2.50. The van der Waals surface area contributed by atoms with Gasteiger partial charge in [0.15, 0.2) is 0 Å². The monoisotopic (exact) mass is 264 g/mol. The molecule has 0 spiro atoms. The summed E-state index contributed by atoms with van der Waals surface area (Å²) in [6.07, 6.45) is 0. The van der Waals surface area contributed by atoms with Crippen molar-refractivity contribution in [1.29, 1.82) is 5.26 Å². The molecule has 0 radical (unpaired) electrons. The number of rotatable bonds is 4. The second-order valence-electron chi connectivity index (χ2n) is 4.22. The number of ether oxygens (including phenoxy) is 1. The number of nitrogens with zero attached hydrogens (tertiary/aromatic N) is 1. The van der Waals surface area contributed by atoms with E-state index >= 15 is 0 Å². The van der Waals surface area contributed by atoms with E-state index in [0.717, 1.165) is 16.9 Å². The van der Waals surface area contributed by atoms with Crippen molar-refractivity contribution in [2.75, 3.05) is 6.61 Å². The summed E-state index contributed by atoms with van der Waals surface area (Å²) < 4.78 is 5.39. The molecule has 0 unspecified atom stereocenters. The van der Waals surface area contributed by atoms with Gasteiger partial charge in [-0.25, -0.2) is 0 Å². The minimum absolute atomic E-state index is 0.474. The lowest BCUT2D eigenvalue weighted by Crippen LogP contribution is -2.01. The molecule has 2 aromatic rings. The van der Waals surface area contributed by atoms with Gasteiger partial charge in [0.05, 0.1) is 17.9 Å². The fraction of sp³-hybridized carbons (Fsp3) is 0.118. The van der Waals surface area contributed by atoms with Crippen LogP contribution < -0.4 is 10.5 Å². The molecule has 0 bridgehead atoms. The standard InChI is InChI=1S/C17H16N2O/c1-2-20-15-10-8-14(9-11-15)17(19)16(12-18)13-6-4-3-5-7-13/h3-11H,2,19H2,1H3/b17-16+. The second kappa shape index (κ2) is 6.44. The molecule has 20 heavy (non-hydrogen) atoms.